The van der Waals surface area contributed by atoms with Crippen LogP contribution in [-0.4, -0.2) is 18.0 Å². The first kappa shape index (κ1) is 19.7. The largest absolute Gasteiger partial charge is 0.449 e. The monoisotopic (exact) mass is 375 g/mol. The van der Waals surface area contributed by atoms with Crippen LogP contribution in [0, 0.1) is 12.7 Å². The van der Waals surface area contributed by atoms with E-state index in [2.05, 4.69) is 5.32 Å². The lowest BCUT2D eigenvalue weighted by molar-refractivity contribution is -0.150. The van der Waals surface area contributed by atoms with E-state index < -0.39 is 23.8 Å². The van der Waals surface area contributed by atoms with Gasteiger partial charge >= 0.3 is 5.97 Å². The van der Waals surface area contributed by atoms with Crippen molar-refractivity contribution in [2.75, 3.05) is 0 Å². The van der Waals surface area contributed by atoms with Gasteiger partial charge in [0.2, 0.25) is 0 Å². The van der Waals surface area contributed by atoms with Crippen LogP contribution in [-0.2, 0) is 20.9 Å². The second-order valence-corrected chi connectivity index (χ2v) is 6.20. The maximum Gasteiger partial charge on any atom is 0.331 e. The molecule has 1 N–H and O–H groups in total. The number of carbonyl (C=O) groups excluding carboxylic acids is 2. The van der Waals surface area contributed by atoms with Gasteiger partial charge in [-0.3, -0.25) is 4.79 Å². The number of rotatable bonds is 6. The first-order valence-corrected chi connectivity index (χ1v) is 8.40. The van der Waals surface area contributed by atoms with Crippen LogP contribution in [0.1, 0.15) is 23.6 Å². The summed E-state index contributed by atoms with van der Waals surface area (Å²) < 4.78 is 18.1. The molecule has 2 rings (SSSR count). The van der Waals surface area contributed by atoms with Gasteiger partial charge in [-0.05, 0) is 43.2 Å². The Balaban J connectivity index is 1.83. The Kier molecular flexibility index (Phi) is 6.92. The Bertz CT molecular complexity index is 818. The molecule has 0 aliphatic rings. The van der Waals surface area contributed by atoms with Gasteiger partial charge in [-0.1, -0.05) is 47.5 Å². The van der Waals surface area contributed by atoms with E-state index in [-0.39, 0.29) is 5.02 Å². The minimum atomic E-state index is -0.936. The van der Waals surface area contributed by atoms with E-state index in [1.165, 1.54) is 31.2 Å². The number of amides is 1. The van der Waals surface area contributed by atoms with Gasteiger partial charge < -0.3 is 10.1 Å². The standard InChI is InChI=1S/C20H19ClFNO3/c1-13-3-5-16(6-4-13)12-23-20(25)14(2)26-19(24)10-8-15-7-9-18(22)17(21)11-15/h3-11,14H,12H2,1-2H3,(H,23,25)/b10-8+/t14-/m0/s1. The molecule has 0 fully saturated rings. The number of halogens is 2. The molecule has 0 unspecified atom stereocenters. The van der Waals surface area contributed by atoms with Crippen LogP contribution in [0.5, 0.6) is 0 Å². The molecule has 2 aromatic carbocycles. The van der Waals surface area contributed by atoms with E-state index in [1.54, 1.807) is 0 Å². The van der Waals surface area contributed by atoms with E-state index in [4.69, 9.17) is 16.3 Å². The van der Waals surface area contributed by atoms with E-state index in [1.807, 2.05) is 31.2 Å². The number of esters is 1. The molecule has 1 atom stereocenters. The Labute approximate surface area is 156 Å². The second-order valence-electron chi connectivity index (χ2n) is 5.79. The van der Waals surface area contributed by atoms with E-state index in [9.17, 15) is 14.0 Å². The van der Waals surface area contributed by atoms with Crippen LogP contribution in [0.3, 0.4) is 0 Å². The van der Waals surface area contributed by atoms with Gasteiger partial charge in [-0.2, -0.15) is 0 Å². The summed E-state index contributed by atoms with van der Waals surface area (Å²) in [7, 11) is 0. The van der Waals surface area contributed by atoms with Crippen LogP contribution in [0.25, 0.3) is 6.08 Å². The summed E-state index contributed by atoms with van der Waals surface area (Å²) >= 11 is 5.67. The third-order valence-corrected chi connectivity index (χ3v) is 3.89. The number of hydrogen-bond donors (Lipinski definition) is 1. The van der Waals surface area contributed by atoms with Crippen molar-refractivity contribution in [3.8, 4) is 0 Å². The smallest absolute Gasteiger partial charge is 0.331 e. The first-order chi connectivity index (χ1) is 12.3. The summed E-state index contributed by atoms with van der Waals surface area (Å²) in [5, 5.41) is 2.67. The lowest BCUT2D eigenvalue weighted by Crippen LogP contribution is -2.35. The second kappa shape index (κ2) is 9.15. The predicted molar refractivity (Wildman–Crippen MR) is 99.0 cm³/mol. The number of hydrogen-bond acceptors (Lipinski definition) is 3. The maximum absolute atomic E-state index is 13.1. The molecule has 0 spiro atoms. The van der Waals surface area contributed by atoms with Crippen molar-refractivity contribution in [1.29, 1.82) is 0 Å². The molecular formula is C20H19ClFNO3. The van der Waals surface area contributed by atoms with Gasteiger partial charge in [0.05, 0.1) is 5.02 Å². The lowest BCUT2D eigenvalue weighted by atomic mass is 10.1. The van der Waals surface area contributed by atoms with E-state index >= 15 is 0 Å². The third kappa shape index (κ3) is 6.01. The summed E-state index contributed by atoms with van der Waals surface area (Å²) in [4.78, 5) is 23.8. The fraction of sp³-hybridized carbons (Fsp3) is 0.200. The average Bonchev–Trinajstić information content (AvgIpc) is 2.62. The van der Waals surface area contributed by atoms with Crippen LogP contribution in [0.2, 0.25) is 5.02 Å². The Morgan fingerprint density at radius 2 is 1.92 bits per heavy atom. The Hall–Kier alpha value is -2.66. The molecule has 0 aromatic heterocycles. The van der Waals surface area contributed by atoms with Gasteiger partial charge in [-0.25, -0.2) is 9.18 Å². The molecule has 0 radical (unpaired) electrons. The van der Waals surface area contributed by atoms with Crippen molar-refractivity contribution >= 4 is 29.6 Å². The van der Waals surface area contributed by atoms with E-state index in [0.29, 0.717) is 12.1 Å². The molecule has 0 heterocycles. The highest BCUT2D eigenvalue weighted by molar-refractivity contribution is 6.30. The van der Waals surface area contributed by atoms with Crippen molar-refractivity contribution < 1.29 is 18.7 Å². The molecule has 0 bridgehead atoms. The summed E-state index contributed by atoms with van der Waals surface area (Å²) in [6, 6.07) is 11.8. The molecule has 0 aliphatic carbocycles. The third-order valence-electron chi connectivity index (χ3n) is 3.61. The number of aryl methyl sites for hydroxylation is 1. The molecule has 6 heteroatoms. The highest BCUT2D eigenvalue weighted by Gasteiger charge is 2.16. The zero-order valence-corrected chi connectivity index (χ0v) is 15.2. The minimum Gasteiger partial charge on any atom is -0.449 e. The summed E-state index contributed by atoms with van der Waals surface area (Å²) in [5.41, 5.74) is 2.64. The quantitative estimate of drug-likeness (QED) is 0.612. The fourth-order valence-corrected chi connectivity index (χ4v) is 2.28. The molecular weight excluding hydrogens is 357 g/mol. The topological polar surface area (TPSA) is 55.4 Å². The molecule has 0 saturated heterocycles. The van der Waals surface area contributed by atoms with Crippen molar-refractivity contribution in [3.05, 3.63) is 76.1 Å². The van der Waals surface area contributed by atoms with Crippen molar-refractivity contribution in [2.24, 2.45) is 0 Å². The Morgan fingerprint density at radius 1 is 1.23 bits per heavy atom. The van der Waals surface area contributed by atoms with Gasteiger partial charge in [0.15, 0.2) is 6.10 Å². The average molecular weight is 376 g/mol. The number of ether oxygens (including phenoxy) is 1. The van der Waals surface area contributed by atoms with Crippen molar-refractivity contribution in [1.82, 2.24) is 5.32 Å². The van der Waals surface area contributed by atoms with Gasteiger partial charge in [0.25, 0.3) is 5.91 Å². The number of nitrogens with one attached hydrogen (secondary N) is 1. The van der Waals surface area contributed by atoms with E-state index in [0.717, 1.165) is 17.2 Å². The van der Waals surface area contributed by atoms with Gasteiger partial charge in [0.1, 0.15) is 5.82 Å². The molecule has 1 amide bonds. The predicted octanol–water partition coefficient (Wildman–Crippen LogP) is 4.05. The number of carbonyl (C=O) groups is 2. The zero-order valence-electron chi connectivity index (χ0n) is 14.5. The highest BCUT2D eigenvalue weighted by Crippen LogP contribution is 2.16. The normalized spacial score (nSPS) is 12.0. The van der Waals surface area contributed by atoms with Crippen molar-refractivity contribution in [3.63, 3.8) is 0 Å². The van der Waals surface area contributed by atoms with Gasteiger partial charge in [-0.15, -0.1) is 0 Å². The molecule has 136 valence electrons. The summed E-state index contributed by atoms with van der Waals surface area (Å²) in [6.45, 7) is 3.83. The van der Waals surface area contributed by atoms with Crippen LogP contribution in [0.4, 0.5) is 4.39 Å². The summed E-state index contributed by atoms with van der Waals surface area (Å²) in [6.07, 6.45) is 1.66. The zero-order chi connectivity index (χ0) is 19.1. The van der Waals surface area contributed by atoms with Crippen molar-refractivity contribution in [2.45, 2.75) is 26.5 Å². The fourth-order valence-electron chi connectivity index (χ4n) is 2.09. The molecule has 0 saturated carbocycles. The highest BCUT2D eigenvalue weighted by atomic mass is 35.5. The maximum atomic E-state index is 13.1. The lowest BCUT2D eigenvalue weighted by Gasteiger charge is -2.12. The molecule has 26 heavy (non-hydrogen) atoms. The minimum absolute atomic E-state index is 0.0376. The van der Waals surface area contributed by atoms with Gasteiger partial charge in [0, 0.05) is 12.6 Å². The molecule has 0 aliphatic heterocycles. The Morgan fingerprint density at radius 3 is 2.58 bits per heavy atom. The molecule has 4 nitrogen and oxygen atoms in total. The summed E-state index contributed by atoms with van der Waals surface area (Å²) in [5.74, 6) is -1.61. The SMILES string of the molecule is Cc1ccc(CNC(=O)[C@H](C)OC(=O)/C=C/c2ccc(F)c(Cl)c2)cc1. The number of benzene rings is 2. The molecule has 2 aromatic rings. The first-order valence-electron chi connectivity index (χ1n) is 8.02. The van der Waals surface area contributed by atoms with Crippen LogP contribution in [0.15, 0.2) is 48.5 Å². The van der Waals surface area contributed by atoms with Crippen LogP contribution >= 0.6 is 11.6 Å². The van der Waals surface area contributed by atoms with Crippen LogP contribution < -0.4 is 5.32 Å².